The fourth-order valence-electron chi connectivity index (χ4n) is 2.01. The fourth-order valence-corrected chi connectivity index (χ4v) is 3.32. The molecule has 0 aliphatic rings. The number of nitrogens with zero attached hydrogens (tertiary/aromatic N) is 2. The first-order chi connectivity index (χ1) is 9.56. The number of rotatable bonds is 2. The molecular formula is C14H9Cl2FN2S. The molecule has 0 N–H and O–H groups in total. The molecule has 3 aromatic rings. The monoisotopic (exact) mass is 326 g/mol. The van der Waals surface area contributed by atoms with Gasteiger partial charge in [-0.05, 0) is 42.8 Å². The lowest BCUT2D eigenvalue weighted by Crippen LogP contribution is -1.99. The van der Waals surface area contributed by atoms with Gasteiger partial charge in [0.15, 0.2) is 5.13 Å². The number of hydrogen-bond acceptors (Lipinski definition) is 2. The normalized spacial score (nSPS) is 11.0. The quantitative estimate of drug-likeness (QED) is 0.620. The summed E-state index contributed by atoms with van der Waals surface area (Å²) in [4.78, 5) is 0.809. The number of aryl methyl sites for hydroxylation is 1. The minimum atomic E-state index is -0.227. The predicted octanol–water partition coefficient (Wildman–Crippen LogP) is 5.36. The van der Waals surface area contributed by atoms with E-state index in [0.717, 1.165) is 27.5 Å². The Morgan fingerprint density at radius 3 is 2.65 bits per heavy atom. The zero-order valence-electron chi connectivity index (χ0n) is 10.4. The SMILES string of the molecule is Cc1cnn(-c2ccc(Cl)cc2Cl)c1-c1ccc(F)s1. The molecule has 1 aromatic carbocycles. The second-order valence-corrected chi connectivity index (χ2v) is 6.17. The molecule has 0 fully saturated rings. The average molecular weight is 327 g/mol. The highest BCUT2D eigenvalue weighted by Gasteiger charge is 2.15. The van der Waals surface area contributed by atoms with Gasteiger partial charge >= 0.3 is 0 Å². The molecule has 0 amide bonds. The van der Waals surface area contributed by atoms with E-state index in [1.165, 1.54) is 6.07 Å². The van der Waals surface area contributed by atoms with Crippen molar-refractivity contribution in [1.29, 1.82) is 0 Å². The molecule has 0 unspecified atom stereocenters. The van der Waals surface area contributed by atoms with E-state index in [4.69, 9.17) is 23.2 Å². The van der Waals surface area contributed by atoms with Gasteiger partial charge in [-0.1, -0.05) is 23.2 Å². The van der Waals surface area contributed by atoms with Crippen LogP contribution in [0, 0.1) is 12.1 Å². The first-order valence-corrected chi connectivity index (χ1v) is 7.39. The maximum Gasteiger partial charge on any atom is 0.177 e. The molecule has 0 saturated carbocycles. The molecule has 0 atom stereocenters. The summed E-state index contributed by atoms with van der Waals surface area (Å²) in [5.41, 5.74) is 2.51. The van der Waals surface area contributed by atoms with E-state index in [9.17, 15) is 4.39 Å². The topological polar surface area (TPSA) is 17.8 Å². The summed E-state index contributed by atoms with van der Waals surface area (Å²) < 4.78 is 15.0. The highest BCUT2D eigenvalue weighted by atomic mass is 35.5. The third-order valence-electron chi connectivity index (χ3n) is 2.90. The van der Waals surface area contributed by atoms with Crippen molar-refractivity contribution in [2.45, 2.75) is 6.92 Å². The number of benzene rings is 1. The standard InChI is InChI=1S/C14H9Cl2FN2S/c1-8-7-18-19(11-3-2-9(15)6-10(11)16)14(8)12-4-5-13(17)20-12/h2-7H,1H3. The summed E-state index contributed by atoms with van der Waals surface area (Å²) >= 11 is 13.2. The molecular weight excluding hydrogens is 318 g/mol. The maximum absolute atomic E-state index is 13.3. The highest BCUT2D eigenvalue weighted by Crippen LogP contribution is 2.33. The van der Waals surface area contributed by atoms with E-state index < -0.39 is 0 Å². The molecule has 0 radical (unpaired) electrons. The smallest absolute Gasteiger partial charge is 0.177 e. The van der Waals surface area contributed by atoms with Gasteiger partial charge in [0, 0.05) is 5.02 Å². The van der Waals surface area contributed by atoms with Crippen LogP contribution in [-0.2, 0) is 0 Å². The summed E-state index contributed by atoms with van der Waals surface area (Å²) in [6.07, 6.45) is 1.73. The van der Waals surface area contributed by atoms with Crippen molar-refractivity contribution < 1.29 is 4.39 Å². The second kappa shape index (κ2) is 5.20. The molecule has 2 nitrogen and oxygen atoms in total. The summed E-state index contributed by atoms with van der Waals surface area (Å²) in [6, 6.07) is 8.39. The van der Waals surface area contributed by atoms with Crippen LogP contribution in [0.3, 0.4) is 0 Å². The fraction of sp³-hybridized carbons (Fsp3) is 0.0714. The van der Waals surface area contributed by atoms with Crippen LogP contribution in [0.2, 0.25) is 10.0 Å². The summed E-state index contributed by atoms with van der Waals surface area (Å²) in [5.74, 6) is 0. The van der Waals surface area contributed by atoms with E-state index in [0.29, 0.717) is 15.7 Å². The lowest BCUT2D eigenvalue weighted by atomic mass is 10.2. The number of aromatic nitrogens is 2. The Kier molecular flexibility index (Phi) is 3.54. The third-order valence-corrected chi connectivity index (χ3v) is 4.31. The van der Waals surface area contributed by atoms with E-state index in [2.05, 4.69) is 5.10 Å². The number of thiophene rings is 1. The van der Waals surface area contributed by atoms with E-state index in [1.54, 1.807) is 35.1 Å². The van der Waals surface area contributed by atoms with E-state index in [1.807, 2.05) is 6.92 Å². The van der Waals surface area contributed by atoms with Crippen molar-refractivity contribution >= 4 is 34.5 Å². The van der Waals surface area contributed by atoms with Crippen LogP contribution in [0.5, 0.6) is 0 Å². The minimum Gasteiger partial charge on any atom is -0.230 e. The number of hydrogen-bond donors (Lipinski definition) is 0. The first kappa shape index (κ1) is 13.6. The van der Waals surface area contributed by atoms with Gasteiger partial charge < -0.3 is 0 Å². The van der Waals surface area contributed by atoms with Crippen LogP contribution in [0.25, 0.3) is 16.3 Å². The lowest BCUT2D eigenvalue weighted by molar-refractivity contribution is 0.657. The highest BCUT2D eigenvalue weighted by molar-refractivity contribution is 7.13. The van der Waals surface area contributed by atoms with Crippen molar-refractivity contribution in [2.75, 3.05) is 0 Å². The molecule has 0 aliphatic heterocycles. The van der Waals surface area contributed by atoms with E-state index >= 15 is 0 Å². The zero-order valence-corrected chi connectivity index (χ0v) is 12.7. The van der Waals surface area contributed by atoms with Crippen molar-refractivity contribution in [3.8, 4) is 16.3 Å². The van der Waals surface area contributed by atoms with Gasteiger partial charge in [0.1, 0.15) is 0 Å². The molecule has 0 spiro atoms. The Morgan fingerprint density at radius 2 is 2.00 bits per heavy atom. The van der Waals surface area contributed by atoms with Crippen molar-refractivity contribution in [1.82, 2.24) is 9.78 Å². The molecule has 3 rings (SSSR count). The van der Waals surface area contributed by atoms with Crippen molar-refractivity contribution in [3.05, 3.63) is 57.3 Å². The molecule has 2 aromatic heterocycles. The zero-order chi connectivity index (χ0) is 14.3. The molecule has 6 heteroatoms. The van der Waals surface area contributed by atoms with Crippen LogP contribution in [0.4, 0.5) is 4.39 Å². The summed E-state index contributed by atoms with van der Waals surface area (Å²) in [7, 11) is 0. The van der Waals surface area contributed by atoms with Gasteiger partial charge in [-0.2, -0.15) is 9.49 Å². The van der Waals surface area contributed by atoms with Crippen LogP contribution in [0.1, 0.15) is 5.56 Å². The third kappa shape index (κ3) is 2.35. The maximum atomic E-state index is 13.3. The Hall–Kier alpha value is -1.36. The molecule has 20 heavy (non-hydrogen) atoms. The van der Waals surface area contributed by atoms with Crippen LogP contribution in [0.15, 0.2) is 36.5 Å². The predicted molar refractivity (Wildman–Crippen MR) is 81.6 cm³/mol. The molecule has 2 heterocycles. The molecule has 0 saturated heterocycles. The largest absolute Gasteiger partial charge is 0.230 e. The second-order valence-electron chi connectivity index (χ2n) is 4.29. The molecule has 0 bridgehead atoms. The van der Waals surface area contributed by atoms with Gasteiger partial charge in [0.05, 0.1) is 27.5 Å². The average Bonchev–Trinajstić information content (AvgIpc) is 2.96. The van der Waals surface area contributed by atoms with Gasteiger partial charge in [-0.15, -0.1) is 11.3 Å². The lowest BCUT2D eigenvalue weighted by Gasteiger charge is -2.09. The van der Waals surface area contributed by atoms with Gasteiger partial charge in [0.25, 0.3) is 0 Å². The van der Waals surface area contributed by atoms with Crippen molar-refractivity contribution in [2.24, 2.45) is 0 Å². The van der Waals surface area contributed by atoms with Gasteiger partial charge in [-0.25, -0.2) is 4.68 Å². The Balaban J connectivity index is 2.20. The van der Waals surface area contributed by atoms with Crippen molar-refractivity contribution in [3.63, 3.8) is 0 Å². The summed E-state index contributed by atoms with van der Waals surface area (Å²) in [5, 5.41) is 5.17. The van der Waals surface area contributed by atoms with Crippen LogP contribution >= 0.6 is 34.5 Å². The van der Waals surface area contributed by atoms with Gasteiger partial charge in [-0.3, -0.25) is 0 Å². The summed E-state index contributed by atoms with van der Waals surface area (Å²) in [6.45, 7) is 1.93. The molecule has 0 aliphatic carbocycles. The Labute approximate surface area is 129 Å². The van der Waals surface area contributed by atoms with E-state index in [-0.39, 0.29) is 5.13 Å². The molecule has 102 valence electrons. The van der Waals surface area contributed by atoms with Crippen LogP contribution in [-0.4, -0.2) is 9.78 Å². The Bertz CT molecular complexity index is 779. The number of halogens is 3. The van der Waals surface area contributed by atoms with Crippen LogP contribution < -0.4 is 0 Å². The van der Waals surface area contributed by atoms with Gasteiger partial charge in [0.2, 0.25) is 0 Å². The first-order valence-electron chi connectivity index (χ1n) is 5.82. The minimum absolute atomic E-state index is 0.227. The Morgan fingerprint density at radius 1 is 1.20 bits per heavy atom.